The molecule has 0 saturated heterocycles. The zero-order valence-corrected chi connectivity index (χ0v) is 12.1. The molecule has 2 aromatic rings. The number of halogens is 1. The van der Waals surface area contributed by atoms with Crippen molar-refractivity contribution in [2.45, 2.75) is 19.9 Å². The number of nitrogen functional groups attached to an aromatic ring is 1. The number of imidazole rings is 1. The number of nitrogens with two attached hydrogens (primary N) is 1. The Kier molecular flexibility index (Phi) is 4.29. The summed E-state index contributed by atoms with van der Waals surface area (Å²) >= 11 is 6.15. The average molecular weight is 294 g/mol. The molecule has 0 aliphatic carbocycles. The van der Waals surface area contributed by atoms with Crippen LogP contribution in [0.5, 0.6) is 0 Å². The molecule has 1 aromatic carbocycles. The summed E-state index contributed by atoms with van der Waals surface area (Å²) in [7, 11) is 1.31. The lowest BCUT2D eigenvalue weighted by Crippen LogP contribution is -2.10. The lowest BCUT2D eigenvalue weighted by molar-refractivity contribution is 0.0595. The highest BCUT2D eigenvalue weighted by molar-refractivity contribution is 6.31. The van der Waals surface area contributed by atoms with E-state index in [9.17, 15) is 4.79 Å². The van der Waals surface area contributed by atoms with E-state index in [0.717, 1.165) is 11.4 Å². The Morgan fingerprint density at radius 3 is 2.75 bits per heavy atom. The number of carbonyl (C=O) groups excluding carboxylic acids is 1. The van der Waals surface area contributed by atoms with E-state index >= 15 is 0 Å². The molecule has 0 atom stereocenters. The van der Waals surface area contributed by atoms with Gasteiger partial charge in [0.15, 0.2) is 5.69 Å². The van der Waals surface area contributed by atoms with E-state index < -0.39 is 5.97 Å². The first-order valence-electron chi connectivity index (χ1n) is 6.25. The average Bonchev–Trinajstić information content (AvgIpc) is 2.77. The standard InChI is InChI=1S/C14H16ClN3O2/c1-3-11-17-12(14(19)20-2)13(16)18(11)8-9-6-4-5-7-10(9)15/h4-7H,3,8,16H2,1-2H3. The third-order valence-corrected chi connectivity index (χ3v) is 3.44. The van der Waals surface area contributed by atoms with Gasteiger partial charge in [0.05, 0.1) is 13.7 Å². The van der Waals surface area contributed by atoms with Crippen molar-refractivity contribution in [3.05, 3.63) is 46.4 Å². The summed E-state index contributed by atoms with van der Waals surface area (Å²) in [5.74, 6) is 0.492. The van der Waals surface area contributed by atoms with Crippen LogP contribution in [0.25, 0.3) is 0 Å². The summed E-state index contributed by atoms with van der Waals surface area (Å²) in [4.78, 5) is 15.9. The number of rotatable bonds is 4. The monoisotopic (exact) mass is 293 g/mol. The zero-order chi connectivity index (χ0) is 14.7. The molecule has 2 N–H and O–H groups in total. The zero-order valence-electron chi connectivity index (χ0n) is 11.4. The van der Waals surface area contributed by atoms with Gasteiger partial charge in [-0.05, 0) is 11.6 Å². The first-order valence-corrected chi connectivity index (χ1v) is 6.62. The van der Waals surface area contributed by atoms with E-state index in [1.165, 1.54) is 7.11 Å². The smallest absolute Gasteiger partial charge is 0.360 e. The second-order valence-corrected chi connectivity index (χ2v) is 4.69. The van der Waals surface area contributed by atoms with Crippen LogP contribution in [-0.4, -0.2) is 22.6 Å². The summed E-state index contributed by atoms with van der Waals surface area (Å²) < 4.78 is 6.47. The minimum atomic E-state index is -0.532. The van der Waals surface area contributed by atoms with Crippen molar-refractivity contribution < 1.29 is 9.53 Å². The number of nitrogens with zero attached hydrogens (tertiary/aromatic N) is 2. The molecule has 0 aliphatic rings. The number of aromatic nitrogens is 2. The fraction of sp³-hybridized carbons (Fsp3) is 0.286. The van der Waals surface area contributed by atoms with E-state index in [-0.39, 0.29) is 5.69 Å². The minimum absolute atomic E-state index is 0.149. The predicted molar refractivity (Wildman–Crippen MR) is 77.9 cm³/mol. The van der Waals surface area contributed by atoms with Crippen LogP contribution in [0.4, 0.5) is 5.82 Å². The minimum Gasteiger partial charge on any atom is -0.464 e. The Balaban J connectivity index is 2.43. The quantitative estimate of drug-likeness (QED) is 0.879. The highest BCUT2D eigenvalue weighted by atomic mass is 35.5. The van der Waals surface area contributed by atoms with Crippen molar-refractivity contribution in [1.29, 1.82) is 0 Å². The number of methoxy groups -OCH3 is 1. The molecule has 0 aliphatic heterocycles. The van der Waals surface area contributed by atoms with E-state index in [4.69, 9.17) is 17.3 Å². The predicted octanol–water partition coefficient (Wildman–Crippen LogP) is 2.52. The number of aryl methyl sites for hydroxylation is 1. The van der Waals surface area contributed by atoms with Gasteiger partial charge < -0.3 is 15.0 Å². The fourth-order valence-electron chi connectivity index (χ4n) is 2.00. The lowest BCUT2D eigenvalue weighted by atomic mass is 10.2. The summed E-state index contributed by atoms with van der Waals surface area (Å²) in [5, 5.41) is 0.655. The maximum atomic E-state index is 11.6. The fourth-order valence-corrected chi connectivity index (χ4v) is 2.20. The van der Waals surface area contributed by atoms with Crippen molar-refractivity contribution >= 4 is 23.4 Å². The highest BCUT2D eigenvalue weighted by Crippen LogP contribution is 2.22. The van der Waals surface area contributed by atoms with Gasteiger partial charge in [0.2, 0.25) is 0 Å². The number of esters is 1. The van der Waals surface area contributed by atoms with Crippen molar-refractivity contribution in [2.24, 2.45) is 0 Å². The molecule has 1 aromatic heterocycles. The molecular weight excluding hydrogens is 278 g/mol. The maximum Gasteiger partial charge on any atom is 0.360 e. The van der Waals surface area contributed by atoms with Crippen molar-refractivity contribution in [3.63, 3.8) is 0 Å². The molecule has 0 amide bonds. The van der Waals surface area contributed by atoms with Crippen LogP contribution in [0.3, 0.4) is 0 Å². The summed E-state index contributed by atoms with van der Waals surface area (Å²) in [5.41, 5.74) is 7.08. The number of anilines is 1. The Bertz CT molecular complexity index is 637. The normalized spacial score (nSPS) is 10.6. The molecule has 0 fully saturated rings. The van der Waals surface area contributed by atoms with Gasteiger partial charge >= 0.3 is 5.97 Å². The third kappa shape index (κ3) is 2.63. The second kappa shape index (κ2) is 5.96. The van der Waals surface area contributed by atoms with Crippen LogP contribution >= 0.6 is 11.6 Å². The molecule has 1 heterocycles. The van der Waals surface area contributed by atoms with E-state index in [2.05, 4.69) is 9.72 Å². The van der Waals surface area contributed by atoms with Crippen LogP contribution in [0, 0.1) is 0 Å². The molecule has 6 heteroatoms. The van der Waals surface area contributed by atoms with Gasteiger partial charge in [-0.25, -0.2) is 9.78 Å². The Labute approximate surface area is 122 Å². The van der Waals surface area contributed by atoms with E-state index in [1.807, 2.05) is 31.2 Å². The topological polar surface area (TPSA) is 70.1 Å². The van der Waals surface area contributed by atoms with Gasteiger partial charge in [0.25, 0.3) is 0 Å². The lowest BCUT2D eigenvalue weighted by Gasteiger charge is -2.10. The number of carbonyl (C=O) groups is 1. The number of ether oxygens (including phenoxy) is 1. The SMILES string of the molecule is CCc1nc(C(=O)OC)c(N)n1Cc1ccccc1Cl. The van der Waals surface area contributed by atoms with Gasteiger partial charge in [0.1, 0.15) is 11.6 Å². The summed E-state index contributed by atoms with van der Waals surface area (Å²) in [6, 6.07) is 7.50. The van der Waals surface area contributed by atoms with Gasteiger partial charge in [-0.3, -0.25) is 0 Å². The Morgan fingerprint density at radius 1 is 1.45 bits per heavy atom. The Morgan fingerprint density at radius 2 is 2.15 bits per heavy atom. The number of hydrogen-bond donors (Lipinski definition) is 1. The van der Waals surface area contributed by atoms with Gasteiger partial charge in [-0.1, -0.05) is 36.7 Å². The van der Waals surface area contributed by atoms with Crippen molar-refractivity contribution in [2.75, 3.05) is 12.8 Å². The molecule has 0 bridgehead atoms. The first kappa shape index (κ1) is 14.4. The molecule has 106 valence electrons. The van der Waals surface area contributed by atoms with E-state index in [1.54, 1.807) is 4.57 Å². The van der Waals surface area contributed by atoms with Crippen molar-refractivity contribution in [1.82, 2.24) is 9.55 Å². The Hall–Kier alpha value is -2.01. The molecule has 0 spiro atoms. The van der Waals surface area contributed by atoms with Gasteiger partial charge in [-0.15, -0.1) is 0 Å². The summed E-state index contributed by atoms with van der Waals surface area (Å²) in [6.07, 6.45) is 0.658. The van der Waals surface area contributed by atoms with Crippen LogP contribution in [0.15, 0.2) is 24.3 Å². The molecular formula is C14H16ClN3O2. The van der Waals surface area contributed by atoms with Crippen LogP contribution in [0.2, 0.25) is 5.02 Å². The highest BCUT2D eigenvalue weighted by Gasteiger charge is 2.20. The molecule has 0 unspecified atom stereocenters. The van der Waals surface area contributed by atoms with Gasteiger partial charge in [-0.2, -0.15) is 0 Å². The van der Waals surface area contributed by atoms with Crippen LogP contribution < -0.4 is 5.73 Å². The third-order valence-electron chi connectivity index (χ3n) is 3.07. The molecule has 0 saturated carbocycles. The molecule has 0 radical (unpaired) electrons. The first-order chi connectivity index (χ1) is 9.58. The molecule has 20 heavy (non-hydrogen) atoms. The van der Waals surface area contributed by atoms with E-state index in [0.29, 0.717) is 23.8 Å². The molecule has 2 rings (SSSR count). The maximum absolute atomic E-state index is 11.6. The summed E-state index contributed by atoms with van der Waals surface area (Å²) in [6.45, 7) is 2.42. The number of benzene rings is 1. The largest absolute Gasteiger partial charge is 0.464 e. The van der Waals surface area contributed by atoms with Crippen LogP contribution in [0.1, 0.15) is 28.8 Å². The number of hydrogen-bond acceptors (Lipinski definition) is 4. The van der Waals surface area contributed by atoms with Crippen LogP contribution in [-0.2, 0) is 17.7 Å². The van der Waals surface area contributed by atoms with Crippen molar-refractivity contribution in [3.8, 4) is 0 Å². The van der Waals surface area contributed by atoms with Gasteiger partial charge in [0, 0.05) is 11.4 Å². The second-order valence-electron chi connectivity index (χ2n) is 4.28. The molecule has 5 nitrogen and oxygen atoms in total.